The minimum absolute atomic E-state index is 0.0651. The molecule has 0 saturated carbocycles. The first-order chi connectivity index (χ1) is 9.63. The highest BCUT2D eigenvalue weighted by Gasteiger charge is 2.14. The van der Waals surface area contributed by atoms with E-state index in [0.29, 0.717) is 11.3 Å². The lowest BCUT2D eigenvalue weighted by Crippen LogP contribution is -1.98. The summed E-state index contributed by atoms with van der Waals surface area (Å²) in [6.45, 7) is -0.0651. The number of nitrogens with zero attached hydrogens (tertiary/aromatic N) is 2. The summed E-state index contributed by atoms with van der Waals surface area (Å²) in [4.78, 5) is 10.5. The quantitative estimate of drug-likeness (QED) is 0.656. The van der Waals surface area contributed by atoms with Crippen LogP contribution in [0.4, 0.5) is 17.1 Å². The van der Waals surface area contributed by atoms with Crippen LogP contribution in [-0.4, -0.2) is 10.0 Å². The molecule has 6 nitrogen and oxygen atoms in total. The molecule has 100 valence electrons. The molecule has 0 radical (unpaired) electrons. The second-order valence-electron chi connectivity index (χ2n) is 4.08. The second kappa shape index (κ2) is 5.82. The maximum Gasteiger partial charge on any atom is 0.292 e. The lowest BCUT2D eigenvalue weighted by molar-refractivity contribution is -0.383. The Morgan fingerprint density at radius 2 is 1.95 bits per heavy atom. The first kappa shape index (κ1) is 13.5. The SMILES string of the molecule is N#Cc1ccc([N+](=O)[O-])c(Nc2ccc(CO)cc2)c1. The average molecular weight is 269 g/mol. The van der Waals surface area contributed by atoms with Crippen molar-refractivity contribution in [2.45, 2.75) is 6.61 Å². The Labute approximate surface area is 115 Å². The van der Waals surface area contributed by atoms with Crippen LogP contribution < -0.4 is 5.32 Å². The topological polar surface area (TPSA) is 99.2 Å². The van der Waals surface area contributed by atoms with Gasteiger partial charge in [-0.2, -0.15) is 5.26 Å². The summed E-state index contributed by atoms with van der Waals surface area (Å²) >= 11 is 0. The van der Waals surface area contributed by atoms with Crippen molar-refractivity contribution in [1.29, 1.82) is 5.26 Å². The lowest BCUT2D eigenvalue weighted by atomic mass is 10.1. The van der Waals surface area contributed by atoms with Crippen LogP contribution in [0.1, 0.15) is 11.1 Å². The molecule has 6 heteroatoms. The summed E-state index contributed by atoms with van der Waals surface area (Å²) in [6.07, 6.45) is 0. The number of rotatable bonds is 4. The minimum atomic E-state index is -0.508. The zero-order valence-electron chi connectivity index (χ0n) is 10.4. The minimum Gasteiger partial charge on any atom is -0.392 e. The van der Waals surface area contributed by atoms with Gasteiger partial charge in [-0.25, -0.2) is 0 Å². The van der Waals surface area contributed by atoms with Crippen molar-refractivity contribution in [3.8, 4) is 6.07 Å². The molecule has 0 aliphatic rings. The molecule has 0 bridgehead atoms. The van der Waals surface area contributed by atoms with Gasteiger partial charge in [0, 0.05) is 11.8 Å². The third kappa shape index (κ3) is 2.91. The van der Waals surface area contributed by atoms with Crippen LogP contribution in [0.25, 0.3) is 0 Å². The van der Waals surface area contributed by atoms with E-state index in [4.69, 9.17) is 10.4 Å². The number of nitro benzene ring substituents is 1. The molecule has 2 N–H and O–H groups in total. The van der Waals surface area contributed by atoms with E-state index in [1.165, 1.54) is 18.2 Å². The van der Waals surface area contributed by atoms with E-state index in [-0.39, 0.29) is 18.0 Å². The van der Waals surface area contributed by atoms with Crippen LogP contribution in [0.2, 0.25) is 0 Å². The number of nitro groups is 1. The number of anilines is 2. The molecule has 0 aliphatic carbocycles. The van der Waals surface area contributed by atoms with E-state index in [1.807, 2.05) is 6.07 Å². The molecule has 0 amide bonds. The normalized spacial score (nSPS) is 9.80. The zero-order chi connectivity index (χ0) is 14.5. The van der Waals surface area contributed by atoms with Gasteiger partial charge in [-0.15, -0.1) is 0 Å². The highest BCUT2D eigenvalue weighted by atomic mass is 16.6. The van der Waals surface area contributed by atoms with E-state index in [1.54, 1.807) is 24.3 Å². The monoisotopic (exact) mass is 269 g/mol. The summed E-state index contributed by atoms with van der Waals surface area (Å²) in [7, 11) is 0. The lowest BCUT2D eigenvalue weighted by Gasteiger charge is -2.08. The van der Waals surface area contributed by atoms with E-state index in [9.17, 15) is 10.1 Å². The predicted molar refractivity (Wildman–Crippen MR) is 73.5 cm³/mol. The summed E-state index contributed by atoms with van der Waals surface area (Å²) in [6, 6.07) is 12.9. The second-order valence-corrected chi connectivity index (χ2v) is 4.08. The van der Waals surface area contributed by atoms with Gasteiger partial charge < -0.3 is 10.4 Å². The standard InChI is InChI=1S/C14H11N3O3/c15-8-11-3-6-14(17(19)20)13(7-11)16-12-4-1-10(9-18)2-5-12/h1-7,16,18H,9H2. The molecule has 0 fully saturated rings. The Kier molecular flexibility index (Phi) is 3.93. The Morgan fingerprint density at radius 3 is 2.50 bits per heavy atom. The Hall–Kier alpha value is -2.91. The van der Waals surface area contributed by atoms with Crippen LogP contribution in [0.3, 0.4) is 0 Å². The van der Waals surface area contributed by atoms with Crippen molar-refractivity contribution in [3.63, 3.8) is 0 Å². The molecular weight excluding hydrogens is 258 g/mol. The number of aliphatic hydroxyl groups is 1. The molecule has 0 saturated heterocycles. The maximum absolute atomic E-state index is 11.0. The van der Waals surface area contributed by atoms with Crippen LogP contribution in [0.15, 0.2) is 42.5 Å². The van der Waals surface area contributed by atoms with Crippen LogP contribution in [-0.2, 0) is 6.61 Å². The fourth-order valence-electron chi connectivity index (χ4n) is 1.71. The van der Waals surface area contributed by atoms with E-state index < -0.39 is 4.92 Å². The summed E-state index contributed by atoms with van der Waals surface area (Å²) in [5.74, 6) is 0. The summed E-state index contributed by atoms with van der Waals surface area (Å²) in [5.41, 5.74) is 1.88. The first-order valence-electron chi connectivity index (χ1n) is 5.79. The highest BCUT2D eigenvalue weighted by Crippen LogP contribution is 2.28. The van der Waals surface area contributed by atoms with Gasteiger partial charge in [-0.1, -0.05) is 12.1 Å². The molecule has 0 aromatic heterocycles. The number of aliphatic hydroxyl groups excluding tert-OH is 1. The third-order valence-corrected chi connectivity index (χ3v) is 2.74. The van der Waals surface area contributed by atoms with Crippen LogP contribution in [0, 0.1) is 21.4 Å². The van der Waals surface area contributed by atoms with Gasteiger partial charge in [-0.3, -0.25) is 10.1 Å². The van der Waals surface area contributed by atoms with Gasteiger partial charge in [0.05, 0.1) is 23.2 Å². The number of hydrogen-bond donors (Lipinski definition) is 2. The smallest absolute Gasteiger partial charge is 0.292 e. The van der Waals surface area contributed by atoms with Gasteiger partial charge in [0.1, 0.15) is 5.69 Å². The van der Waals surface area contributed by atoms with E-state index >= 15 is 0 Å². The van der Waals surface area contributed by atoms with Gasteiger partial charge in [0.2, 0.25) is 0 Å². The maximum atomic E-state index is 11.0. The molecule has 2 rings (SSSR count). The fourth-order valence-corrected chi connectivity index (χ4v) is 1.71. The average Bonchev–Trinajstić information content (AvgIpc) is 2.47. The number of nitrogens with one attached hydrogen (secondary N) is 1. The summed E-state index contributed by atoms with van der Waals surface area (Å²) in [5, 5.41) is 31.7. The number of hydrogen-bond acceptors (Lipinski definition) is 5. The molecule has 0 atom stereocenters. The van der Waals surface area contributed by atoms with Crippen molar-refractivity contribution in [2.75, 3.05) is 5.32 Å². The molecule has 2 aromatic rings. The Balaban J connectivity index is 2.35. The molecule has 0 unspecified atom stereocenters. The molecule has 0 heterocycles. The van der Waals surface area contributed by atoms with Crippen molar-refractivity contribution in [2.24, 2.45) is 0 Å². The van der Waals surface area contributed by atoms with Crippen LogP contribution in [0.5, 0.6) is 0 Å². The van der Waals surface area contributed by atoms with Gasteiger partial charge in [0.15, 0.2) is 0 Å². The number of nitriles is 1. The fraction of sp³-hybridized carbons (Fsp3) is 0.0714. The van der Waals surface area contributed by atoms with Crippen molar-refractivity contribution in [1.82, 2.24) is 0 Å². The molecule has 20 heavy (non-hydrogen) atoms. The van der Waals surface area contributed by atoms with Crippen molar-refractivity contribution < 1.29 is 10.0 Å². The van der Waals surface area contributed by atoms with E-state index in [0.717, 1.165) is 5.56 Å². The first-order valence-corrected chi connectivity index (χ1v) is 5.79. The van der Waals surface area contributed by atoms with Gasteiger partial charge >= 0.3 is 0 Å². The van der Waals surface area contributed by atoms with E-state index in [2.05, 4.69) is 5.32 Å². The third-order valence-electron chi connectivity index (χ3n) is 2.74. The molecular formula is C14H11N3O3. The number of benzene rings is 2. The molecule has 0 aliphatic heterocycles. The Morgan fingerprint density at radius 1 is 1.25 bits per heavy atom. The highest BCUT2D eigenvalue weighted by molar-refractivity contribution is 5.71. The van der Waals surface area contributed by atoms with Crippen molar-refractivity contribution in [3.05, 3.63) is 63.7 Å². The Bertz CT molecular complexity index is 675. The van der Waals surface area contributed by atoms with Gasteiger partial charge in [-0.05, 0) is 29.8 Å². The van der Waals surface area contributed by atoms with Crippen LogP contribution >= 0.6 is 0 Å². The summed E-state index contributed by atoms with van der Waals surface area (Å²) < 4.78 is 0. The van der Waals surface area contributed by atoms with Crippen molar-refractivity contribution >= 4 is 17.1 Å². The van der Waals surface area contributed by atoms with Gasteiger partial charge in [0.25, 0.3) is 5.69 Å². The molecule has 0 spiro atoms. The zero-order valence-corrected chi connectivity index (χ0v) is 10.4. The molecule has 2 aromatic carbocycles. The largest absolute Gasteiger partial charge is 0.392 e. The predicted octanol–water partition coefficient (Wildman–Crippen LogP) is 2.70.